The topological polar surface area (TPSA) is 55.2 Å². The van der Waals surface area contributed by atoms with E-state index in [0.29, 0.717) is 0 Å². The number of anilines is 1. The summed E-state index contributed by atoms with van der Waals surface area (Å²) in [5.41, 5.74) is 4.50. The molecule has 136 valence electrons. The third-order valence-electron chi connectivity index (χ3n) is 5.13. The lowest BCUT2D eigenvalue weighted by molar-refractivity contribution is 0.0398. The Morgan fingerprint density at radius 2 is 1.85 bits per heavy atom. The van der Waals surface area contributed by atoms with Crippen LogP contribution >= 0.6 is 0 Å². The fraction of sp³-hybridized carbons (Fsp3) is 0.400. The van der Waals surface area contributed by atoms with Crippen LogP contribution in [0.5, 0.6) is 0 Å². The van der Waals surface area contributed by atoms with Gasteiger partial charge in [0, 0.05) is 37.6 Å². The Labute approximate surface area is 153 Å². The molecule has 0 saturated carbocycles. The number of hydrogen-bond donors (Lipinski definition) is 1. The number of rotatable bonds is 5. The van der Waals surface area contributed by atoms with Crippen molar-refractivity contribution in [3.63, 3.8) is 0 Å². The summed E-state index contributed by atoms with van der Waals surface area (Å²) in [7, 11) is 0. The molecule has 3 heterocycles. The minimum atomic E-state index is 0.829. The van der Waals surface area contributed by atoms with Crippen molar-refractivity contribution in [2.75, 3.05) is 44.7 Å². The average molecular weight is 351 g/mol. The van der Waals surface area contributed by atoms with Gasteiger partial charge in [-0.2, -0.15) is 0 Å². The summed E-state index contributed by atoms with van der Waals surface area (Å²) in [6.45, 7) is 9.81. The summed E-state index contributed by atoms with van der Waals surface area (Å²) in [5.74, 6) is 0.915. The Morgan fingerprint density at radius 3 is 2.62 bits per heavy atom. The molecule has 1 aromatic carbocycles. The molecule has 1 aliphatic heterocycles. The van der Waals surface area contributed by atoms with E-state index < -0.39 is 0 Å². The van der Waals surface area contributed by atoms with Gasteiger partial charge in [-0.1, -0.05) is 18.2 Å². The third kappa shape index (κ3) is 3.18. The van der Waals surface area contributed by atoms with E-state index in [-0.39, 0.29) is 0 Å². The predicted octanol–water partition coefficient (Wildman–Crippen LogP) is 2.78. The second-order valence-electron chi connectivity index (χ2n) is 6.68. The number of morpholine rings is 1. The number of nitrogens with one attached hydrogen (secondary N) is 1. The van der Waals surface area contributed by atoms with E-state index in [1.807, 2.05) is 6.07 Å². The van der Waals surface area contributed by atoms with Crippen molar-refractivity contribution in [1.29, 1.82) is 0 Å². The Balaban J connectivity index is 1.62. The zero-order valence-electron chi connectivity index (χ0n) is 15.4. The first-order valence-electron chi connectivity index (χ1n) is 9.17. The number of ether oxygens (including phenoxy) is 1. The first-order chi connectivity index (χ1) is 12.8. The summed E-state index contributed by atoms with van der Waals surface area (Å²) in [5, 5.41) is 4.63. The van der Waals surface area contributed by atoms with Gasteiger partial charge in [0.1, 0.15) is 12.1 Å². The van der Waals surface area contributed by atoms with Crippen molar-refractivity contribution in [3.05, 3.63) is 47.9 Å². The highest BCUT2D eigenvalue weighted by Gasteiger charge is 2.17. The molecule has 0 atom stereocenters. The standard InChI is InChI=1S/C20H25N5O/c1-15-16(2)25(17-6-4-3-5-7-17)20-18(15)19(22-14-23-20)21-8-9-24-10-12-26-13-11-24/h3-7,14H,8-13H2,1-2H3,(H,21,22,23). The molecule has 0 aliphatic carbocycles. The molecule has 0 radical (unpaired) electrons. The molecule has 1 fully saturated rings. The first-order valence-corrected chi connectivity index (χ1v) is 9.17. The van der Waals surface area contributed by atoms with Gasteiger partial charge in [-0.25, -0.2) is 9.97 Å². The molecule has 0 amide bonds. The van der Waals surface area contributed by atoms with Gasteiger partial charge in [0.2, 0.25) is 0 Å². The lowest BCUT2D eigenvalue weighted by atomic mass is 10.2. The van der Waals surface area contributed by atoms with Gasteiger partial charge in [0.25, 0.3) is 0 Å². The van der Waals surface area contributed by atoms with Crippen LogP contribution in [0.15, 0.2) is 36.7 Å². The van der Waals surface area contributed by atoms with E-state index in [9.17, 15) is 0 Å². The van der Waals surface area contributed by atoms with E-state index >= 15 is 0 Å². The first kappa shape index (κ1) is 17.0. The minimum Gasteiger partial charge on any atom is -0.379 e. The molecule has 4 rings (SSSR count). The Bertz CT molecular complexity index is 884. The molecule has 1 N–H and O–H groups in total. The molecule has 3 aromatic rings. The zero-order chi connectivity index (χ0) is 17.9. The van der Waals surface area contributed by atoms with Crippen LogP contribution < -0.4 is 5.32 Å². The minimum absolute atomic E-state index is 0.829. The number of benzene rings is 1. The number of nitrogens with zero attached hydrogens (tertiary/aromatic N) is 4. The quantitative estimate of drug-likeness (QED) is 0.766. The van der Waals surface area contributed by atoms with Crippen LogP contribution in [-0.4, -0.2) is 58.8 Å². The number of fused-ring (bicyclic) bond motifs is 1. The largest absolute Gasteiger partial charge is 0.379 e. The second kappa shape index (κ2) is 7.43. The molecule has 6 nitrogen and oxygen atoms in total. The number of aromatic nitrogens is 3. The third-order valence-corrected chi connectivity index (χ3v) is 5.13. The highest BCUT2D eigenvalue weighted by Crippen LogP contribution is 2.30. The zero-order valence-corrected chi connectivity index (χ0v) is 15.4. The van der Waals surface area contributed by atoms with Crippen molar-refractivity contribution in [2.24, 2.45) is 0 Å². The van der Waals surface area contributed by atoms with Crippen LogP contribution in [0.2, 0.25) is 0 Å². The van der Waals surface area contributed by atoms with Crippen LogP contribution in [0, 0.1) is 13.8 Å². The average Bonchev–Trinajstić information content (AvgIpc) is 2.95. The van der Waals surface area contributed by atoms with Gasteiger partial charge in [-0.3, -0.25) is 9.47 Å². The smallest absolute Gasteiger partial charge is 0.150 e. The van der Waals surface area contributed by atoms with E-state index in [4.69, 9.17) is 4.74 Å². The molecule has 0 spiro atoms. The van der Waals surface area contributed by atoms with Gasteiger partial charge in [0.05, 0.1) is 18.6 Å². The maximum atomic E-state index is 5.41. The normalized spacial score (nSPS) is 15.5. The molecule has 0 unspecified atom stereocenters. The second-order valence-corrected chi connectivity index (χ2v) is 6.68. The summed E-state index contributed by atoms with van der Waals surface area (Å²) in [6, 6.07) is 10.4. The van der Waals surface area contributed by atoms with Crippen molar-refractivity contribution < 1.29 is 4.74 Å². The molecular weight excluding hydrogens is 326 g/mol. The molecule has 26 heavy (non-hydrogen) atoms. The summed E-state index contributed by atoms with van der Waals surface area (Å²) in [6.07, 6.45) is 1.65. The van der Waals surface area contributed by atoms with Crippen LogP contribution in [-0.2, 0) is 4.74 Å². The van der Waals surface area contributed by atoms with Gasteiger partial charge in [-0.05, 0) is 31.5 Å². The predicted molar refractivity (Wildman–Crippen MR) is 104 cm³/mol. The highest BCUT2D eigenvalue weighted by molar-refractivity contribution is 5.93. The molecule has 6 heteroatoms. The van der Waals surface area contributed by atoms with Crippen molar-refractivity contribution in [3.8, 4) is 5.69 Å². The summed E-state index contributed by atoms with van der Waals surface area (Å²) in [4.78, 5) is 11.5. The molecule has 1 saturated heterocycles. The number of para-hydroxylation sites is 1. The molecule has 0 bridgehead atoms. The van der Waals surface area contributed by atoms with E-state index in [2.05, 4.69) is 62.9 Å². The van der Waals surface area contributed by atoms with Crippen LogP contribution in [0.1, 0.15) is 11.3 Å². The summed E-state index contributed by atoms with van der Waals surface area (Å²) >= 11 is 0. The van der Waals surface area contributed by atoms with Crippen LogP contribution in [0.3, 0.4) is 0 Å². The van der Waals surface area contributed by atoms with E-state index in [1.54, 1.807) is 6.33 Å². The van der Waals surface area contributed by atoms with E-state index in [0.717, 1.165) is 61.9 Å². The Morgan fingerprint density at radius 1 is 1.08 bits per heavy atom. The van der Waals surface area contributed by atoms with E-state index in [1.165, 1.54) is 11.3 Å². The monoisotopic (exact) mass is 351 g/mol. The molecule has 2 aromatic heterocycles. The van der Waals surface area contributed by atoms with Crippen LogP contribution in [0.4, 0.5) is 5.82 Å². The lowest BCUT2D eigenvalue weighted by Crippen LogP contribution is -2.39. The number of aryl methyl sites for hydroxylation is 1. The van der Waals surface area contributed by atoms with Gasteiger partial charge in [-0.15, -0.1) is 0 Å². The SMILES string of the molecule is Cc1c(C)n(-c2ccccc2)c2ncnc(NCCN3CCOCC3)c12. The van der Waals surface area contributed by atoms with Gasteiger partial charge in [0.15, 0.2) is 5.65 Å². The Hall–Kier alpha value is -2.44. The molecular formula is C20H25N5O. The Kier molecular flexibility index (Phi) is 4.86. The maximum Gasteiger partial charge on any atom is 0.150 e. The van der Waals surface area contributed by atoms with Crippen LogP contribution in [0.25, 0.3) is 16.7 Å². The fourth-order valence-electron chi connectivity index (χ4n) is 3.58. The number of hydrogen-bond acceptors (Lipinski definition) is 5. The lowest BCUT2D eigenvalue weighted by Gasteiger charge is -2.26. The summed E-state index contributed by atoms with van der Waals surface area (Å²) < 4.78 is 7.62. The van der Waals surface area contributed by atoms with Crippen molar-refractivity contribution >= 4 is 16.9 Å². The van der Waals surface area contributed by atoms with Gasteiger partial charge >= 0.3 is 0 Å². The highest BCUT2D eigenvalue weighted by atomic mass is 16.5. The molecule has 1 aliphatic rings. The van der Waals surface area contributed by atoms with Crippen molar-refractivity contribution in [1.82, 2.24) is 19.4 Å². The van der Waals surface area contributed by atoms with Gasteiger partial charge < -0.3 is 10.1 Å². The fourth-order valence-corrected chi connectivity index (χ4v) is 3.58. The van der Waals surface area contributed by atoms with Crippen molar-refractivity contribution in [2.45, 2.75) is 13.8 Å². The maximum absolute atomic E-state index is 5.41.